The molecule has 3 nitrogen and oxygen atoms in total. The van der Waals surface area contributed by atoms with E-state index >= 15 is 0 Å². The fraction of sp³-hybridized carbons (Fsp3) is 0.312. The maximum Gasteiger partial charge on any atom is 0.345 e. The van der Waals surface area contributed by atoms with Crippen LogP contribution in [0.4, 0.5) is 0 Å². The number of carbonyl (C=O) groups is 1. The zero-order valence-electron chi connectivity index (χ0n) is 12.3. The van der Waals surface area contributed by atoms with E-state index in [0.29, 0.717) is 4.88 Å². The molecule has 1 aromatic heterocycles. The number of rotatable bonds is 5. The van der Waals surface area contributed by atoms with Crippen molar-refractivity contribution in [3.63, 3.8) is 0 Å². The molecule has 1 atom stereocenters. The van der Waals surface area contributed by atoms with Gasteiger partial charge in [-0.15, -0.1) is 11.3 Å². The standard InChI is InChI=1S/C16H18ClNO2S/c1-10(12-4-6-14(17)7-5-12)18(3)9-13-8-15(16(19)20)21-11(13)2/h4-8,10H,9H2,1-3H3,(H,19,20). The van der Waals surface area contributed by atoms with Gasteiger partial charge in [0.2, 0.25) is 0 Å². The second kappa shape index (κ2) is 6.60. The molecule has 0 saturated heterocycles. The number of hydrogen-bond donors (Lipinski definition) is 1. The van der Waals surface area contributed by atoms with E-state index in [1.807, 2.05) is 38.2 Å². The van der Waals surface area contributed by atoms with Gasteiger partial charge in [-0.05, 0) is 50.2 Å². The number of carboxylic acids is 1. The van der Waals surface area contributed by atoms with E-state index in [-0.39, 0.29) is 6.04 Å². The van der Waals surface area contributed by atoms with Gasteiger partial charge in [0.15, 0.2) is 0 Å². The highest BCUT2D eigenvalue weighted by atomic mass is 35.5. The number of aryl methyl sites for hydroxylation is 1. The highest BCUT2D eigenvalue weighted by molar-refractivity contribution is 7.14. The van der Waals surface area contributed by atoms with E-state index in [9.17, 15) is 4.79 Å². The third-order valence-electron chi connectivity index (χ3n) is 3.66. The van der Waals surface area contributed by atoms with Crippen molar-refractivity contribution in [2.24, 2.45) is 0 Å². The average molecular weight is 324 g/mol. The Bertz CT molecular complexity index is 636. The first kappa shape index (κ1) is 16.0. The first-order valence-electron chi connectivity index (χ1n) is 6.66. The van der Waals surface area contributed by atoms with Crippen LogP contribution < -0.4 is 0 Å². The molecule has 0 spiro atoms. The molecule has 0 aliphatic carbocycles. The summed E-state index contributed by atoms with van der Waals surface area (Å²) in [6.45, 7) is 4.82. The van der Waals surface area contributed by atoms with Gasteiger partial charge in [0, 0.05) is 22.5 Å². The molecule has 112 valence electrons. The second-order valence-electron chi connectivity index (χ2n) is 5.14. The quantitative estimate of drug-likeness (QED) is 0.874. The summed E-state index contributed by atoms with van der Waals surface area (Å²) in [5.41, 5.74) is 2.26. The van der Waals surface area contributed by atoms with Crippen LogP contribution in [0.15, 0.2) is 30.3 Å². The molecular weight excluding hydrogens is 306 g/mol. The Balaban J connectivity index is 2.11. The van der Waals surface area contributed by atoms with E-state index in [2.05, 4.69) is 11.8 Å². The van der Waals surface area contributed by atoms with Crippen LogP contribution in [0.25, 0.3) is 0 Å². The minimum atomic E-state index is -0.859. The van der Waals surface area contributed by atoms with Gasteiger partial charge < -0.3 is 5.11 Å². The van der Waals surface area contributed by atoms with Crippen molar-refractivity contribution in [3.05, 3.63) is 56.2 Å². The summed E-state index contributed by atoms with van der Waals surface area (Å²) in [5, 5.41) is 9.78. The first-order chi connectivity index (χ1) is 9.88. The van der Waals surface area contributed by atoms with Crippen LogP contribution in [0.1, 0.15) is 38.6 Å². The zero-order valence-corrected chi connectivity index (χ0v) is 13.8. The Labute approximate surface area is 133 Å². The molecule has 0 aliphatic rings. The monoisotopic (exact) mass is 323 g/mol. The maximum absolute atomic E-state index is 11.0. The van der Waals surface area contributed by atoms with Gasteiger partial charge in [0.25, 0.3) is 0 Å². The minimum absolute atomic E-state index is 0.231. The molecule has 0 radical (unpaired) electrons. The lowest BCUT2D eigenvalue weighted by atomic mass is 10.1. The minimum Gasteiger partial charge on any atom is -0.477 e. The van der Waals surface area contributed by atoms with Crippen LogP contribution in [0, 0.1) is 6.92 Å². The van der Waals surface area contributed by atoms with Crippen molar-refractivity contribution in [1.82, 2.24) is 4.90 Å². The Morgan fingerprint density at radius 1 is 1.38 bits per heavy atom. The average Bonchev–Trinajstić information content (AvgIpc) is 2.80. The Morgan fingerprint density at radius 3 is 2.52 bits per heavy atom. The molecule has 0 saturated carbocycles. The fourth-order valence-corrected chi connectivity index (χ4v) is 3.18. The van der Waals surface area contributed by atoms with Crippen LogP contribution >= 0.6 is 22.9 Å². The molecule has 1 N–H and O–H groups in total. The number of carboxylic acid groups (broad SMARTS) is 1. The van der Waals surface area contributed by atoms with Crippen molar-refractivity contribution < 1.29 is 9.90 Å². The van der Waals surface area contributed by atoms with E-state index in [4.69, 9.17) is 16.7 Å². The van der Waals surface area contributed by atoms with Crippen LogP contribution in [-0.2, 0) is 6.54 Å². The molecular formula is C16H18ClNO2S. The Hall–Kier alpha value is -1.36. The molecule has 1 aromatic carbocycles. The number of benzene rings is 1. The van der Waals surface area contributed by atoms with Gasteiger partial charge in [-0.1, -0.05) is 23.7 Å². The molecule has 2 aromatic rings. The number of thiophene rings is 1. The number of aromatic carboxylic acids is 1. The van der Waals surface area contributed by atoms with Crippen molar-refractivity contribution >= 4 is 28.9 Å². The summed E-state index contributed by atoms with van der Waals surface area (Å²) in [4.78, 5) is 14.7. The van der Waals surface area contributed by atoms with Crippen molar-refractivity contribution in [3.8, 4) is 0 Å². The van der Waals surface area contributed by atoms with E-state index in [1.54, 1.807) is 6.07 Å². The van der Waals surface area contributed by atoms with Gasteiger partial charge in [-0.2, -0.15) is 0 Å². The zero-order chi connectivity index (χ0) is 15.6. The molecule has 0 fully saturated rings. The van der Waals surface area contributed by atoms with E-state index in [0.717, 1.165) is 22.0 Å². The topological polar surface area (TPSA) is 40.5 Å². The Morgan fingerprint density at radius 2 is 2.00 bits per heavy atom. The highest BCUT2D eigenvalue weighted by Gasteiger charge is 2.16. The summed E-state index contributed by atoms with van der Waals surface area (Å²) in [6, 6.07) is 9.82. The van der Waals surface area contributed by atoms with Gasteiger partial charge in [0.05, 0.1) is 0 Å². The van der Waals surface area contributed by atoms with Crippen LogP contribution in [0.5, 0.6) is 0 Å². The van der Waals surface area contributed by atoms with Gasteiger partial charge in [-0.3, -0.25) is 4.90 Å². The summed E-state index contributed by atoms with van der Waals surface area (Å²) in [6.07, 6.45) is 0. The molecule has 1 heterocycles. The number of hydrogen-bond acceptors (Lipinski definition) is 3. The van der Waals surface area contributed by atoms with Gasteiger partial charge >= 0.3 is 5.97 Å². The number of halogens is 1. The maximum atomic E-state index is 11.0. The SMILES string of the molecule is Cc1sc(C(=O)O)cc1CN(C)C(C)c1ccc(Cl)cc1. The van der Waals surface area contributed by atoms with Crippen LogP contribution in [-0.4, -0.2) is 23.0 Å². The van der Waals surface area contributed by atoms with Crippen LogP contribution in [0.3, 0.4) is 0 Å². The molecule has 5 heteroatoms. The predicted octanol–water partition coefficient (Wildman–Crippen LogP) is 4.60. The van der Waals surface area contributed by atoms with Crippen molar-refractivity contribution in [2.45, 2.75) is 26.4 Å². The normalized spacial score (nSPS) is 12.6. The van der Waals surface area contributed by atoms with E-state index in [1.165, 1.54) is 16.9 Å². The largest absolute Gasteiger partial charge is 0.477 e. The summed E-state index contributed by atoms with van der Waals surface area (Å²) in [7, 11) is 2.04. The second-order valence-corrected chi connectivity index (χ2v) is 6.83. The van der Waals surface area contributed by atoms with Gasteiger partial charge in [-0.25, -0.2) is 4.79 Å². The molecule has 2 rings (SSSR count). The predicted molar refractivity (Wildman–Crippen MR) is 87.3 cm³/mol. The molecule has 21 heavy (non-hydrogen) atoms. The lowest BCUT2D eigenvalue weighted by Crippen LogP contribution is -2.22. The summed E-state index contributed by atoms with van der Waals surface area (Å²) < 4.78 is 0. The number of nitrogens with zero attached hydrogens (tertiary/aromatic N) is 1. The third-order valence-corrected chi connectivity index (χ3v) is 5.00. The molecule has 0 aliphatic heterocycles. The molecule has 0 bridgehead atoms. The van der Waals surface area contributed by atoms with Crippen molar-refractivity contribution in [2.75, 3.05) is 7.05 Å². The third kappa shape index (κ3) is 3.84. The molecule has 0 amide bonds. The summed E-state index contributed by atoms with van der Waals surface area (Å²) in [5.74, 6) is -0.859. The van der Waals surface area contributed by atoms with Crippen molar-refractivity contribution in [1.29, 1.82) is 0 Å². The fourth-order valence-electron chi connectivity index (χ4n) is 2.18. The lowest BCUT2D eigenvalue weighted by molar-refractivity contribution is 0.0702. The first-order valence-corrected chi connectivity index (χ1v) is 7.86. The summed E-state index contributed by atoms with van der Waals surface area (Å²) >= 11 is 7.24. The van der Waals surface area contributed by atoms with Crippen LogP contribution in [0.2, 0.25) is 5.02 Å². The van der Waals surface area contributed by atoms with E-state index < -0.39 is 5.97 Å². The lowest BCUT2D eigenvalue weighted by Gasteiger charge is -2.25. The smallest absolute Gasteiger partial charge is 0.345 e. The molecule has 1 unspecified atom stereocenters. The Kier molecular flexibility index (Phi) is 5.04. The van der Waals surface area contributed by atoms with Gasteiger partial charge in [0.1, 0.15) is 4.88 Å². The highest BCUT2D eigenvalue weighted by Crippen LogP contribution is 2.26.